The van der Waals surface area contributed by atoms with Crippen molar-refractivity contribution in [3.8, 4) is 11.5 Å². The first-order valence-corrected chi connectivity index (χ1v) is 7.33. The molecule has 7 heteroatoms. The molecule has 0 radical (unpaired) electrons. The molecule has 0 atom stereocenters. The predicted octanol–water partition coefficient (Wildman–Crippen LogP) is 2.62. The number of hydrogen-bond donors (Lipinski definition) is 2. The third kappa shape index (κ3) is 5.81. The Bertz CT molecular complexity index is 533. The zero-order valence-corrected chi connectivity index (χ0v) is 13.4. The fraction of sp³-hybridized carbons (Fsp3) is 0.467. The van der Waals surface area contributed by atoms with Crippen LogP contribution in [-0.2, 0) is 16.1 Å². The van der Waals surface area contributed by atoms with Crippen LogP contribution in [0.25, 0.3) is 0 Å². The highest BCUT2D eigenvalue weighted by atomic mass is 35.5. The van der Waals surface area contributed by atoms with E-state index in [2.05, 4.69) is 5.32 Å². The summed E-state index contributed by atoms with van der Waals surface area (Å²) < 4.78 is 10.8. The molecule has 0 fully saturated rings. The summed E-state index contributed by atoms with van der Waals surface area (Å²) in [5.74, 6) is -0.358. The molecule has 122 valence electrons. The first kappa shape index (κ1) is 18.1. The van der Waals surface area contributed by atoms with Crippen molar-refractivity contribution in [2.24, 2.45) is 0 Å². The van der Waals surface area contributed by atoms with Gasteiger partial charge in [-0.05, 0) is 24.1 Å². The first-order valence-electron chi connectivity index (χ1n) is 6.95. The Morgan fingerprint density at radius 2 is 2.05 bits per heavy atom. The first-order chi connectivity index (χ1) is 10.5. The van der Waals surface area contributed by atoms with Crippen LogP contribution in [0.2, 0.25) is 5.02 Å². The van der Waals surface area contributed by atoms with Gasteiger partial charge in [0.25, 0.3) is 0 Å². The van der Waals surface area contributed by atoms with Gasteiger partial charge < -0.3 is 19.9 Å². The highest BCUT2D eigenvalue weighted by Crippen LogP contribution is 2.36. The van der Waals surface area contributed by atoms with Crippen molar-refractivity contribution in [1.82, 2.24) is 5.32 Å². The fourth-order valence-corrected chi connectivity index (χ4v) is 2.02. The largest absolute Gasteiger partial charge is 0.493 e. The van der Waals surface area contributed by atoms with Crippen molar-refractivity contribution < 1.29 is 24.2 Å². The Hall–Kier alpha value is -1.95. The maximum Gasteiger partial charge on any atom is 0.303 e. The van der Waals surface area contributed by atoms with E-state index in [-0.39, 0.29) is 25.3 Å². The van der Waals surface area contributed by atoms with E-state index in [0.29, 0.717) is 23.1 Å². The van der Waals surface area contributed by atoms with Crippen LogP contribution in [0.3, 0.4) is 0 Å². The molecule has 0 aliphatic rings. The highest BCUT2D eigenvalue weighted by molar-refractivity contribution is 6.32. The SMILES string of the molecule is CCCOc1c(Cl)cc(CNC(=O)CCC(=O)O)cc1OC. The van der Waals surface area contributed by atoms with Crippen molar-refractivity contribution in [2.45, 2.75) is 32.7 Å². The number of nitrogens with one attached hydrogen (secondary N) is 1. The highest BCUT2D eigenvalue weighted by Gasteiger charge is 2.12. The van der Waals surface area contributed by atoms with E-state index in [1.54, 1.807) is 12.1 Å². The van der Waals surface area contributed by atoms with E-state index in [9.17, 15) is 9.59 Å². The summed E-state index contributed by atoms with van der Waals surface area (Å²) in [6.45, 7) is 2.76. The normalized spacial score (nSPS) is 10.1. The summed E-state index contributed by atoms with van der Waals surface area (Å²) in [5.41, 5.74) is 0.745. The number of carboxylic acid groups (broad SMARTS) is 1. The number of carbonyl (C=O) groups excluding carboxylic acids is 1. The molecule has 0 aromatic heterocycles. The van der Waals surface area contributed by atoms with E-state index in [1.807, 2.05) is 6.92 Å². The lowest BCUT2D eigenvalue weighted by atomic mass is 10.2. The van der Waals surface area contributed by atoms with E-state index in [4.69, 9.17) is 26.2 Å². The molecule has 22 heavy (non-hydrogen) atoms. The molecule has 0 saturated carbocycles. The van der Waals surface area contributed by atoms with Crippen molar-refractivity contribution in [1.29, 1.82) is 0 Å². The smallest absolute Gasteiger partial charge is 0.303 e. The number of hydrogen-bond acceptors (Lipinski definition) is 4. The van der Waals surface area contributed by atoms with Crippen molar-refractivity contribution in [3.63, 3.8) is 0 Å². The Labute approximate surface area is 134 Å². The van der Waals surface area contributed by atoms with Gasteiger partial charge >= 0.3 is 5.97 Å². The number of carboxylic acids is 1. The molecule has 0 aliphatic carbocycles. The molecule has 0 heterocycles. The van der Waals surface area contributed by atoms with Crippen LogP contribution in [-0.4, -0.2) is 30.7 Å². The van der Waals surface area contributed by atoms with Gasteiger partial charge in [0.15, 0.2) is 11.5 Å². The number of carbonyl (C=O) groups is 2. The van der Waals surface area contributed by atoms with Gasteiger partial charge in [-0.15, -0.1) is 0 Å². The Balaban J connectivity index is 2.70. The molecule has 1 amide bonds. The van der Waals surface area contributed by atoms with Gasteiger partial charge in [0.1, 0.15) is 0 Å². The number of methoxy groups -OCH3 is 1. The fourth-order valence-electron chi connectivity index (χ4n) is 1.73. The van der Waals surface area contributed by atoms with Crippen LogP contribution in [0.15, 0.2) is 12.1 Å². The van der Waals surface area contributed by atoms with Gasteiger partial charge in [-0.1, -0.05) is 18.5 Å². The molecule has 0 aliphatic heterocycles. The third-order valence-electron chi connectivity index (χ3n) is 2.80. The van der Waals surface area contributed by atoms with Gasteiger partial charge in [0.2, 0.25) is 5.91 Å². The Kier molecular flexibility index (Phi) is 7.52. The van der Waals surface area contributed by atoms with Crippen LogP contribution in [0.5, 0.6) is 11.5 Å². The lowest BCUT2D eigenvalue weighted by molar-refractivity contribution is -0.138. The summed E-state index contributed by atoms with van der Waals surface area (Å²) in [4.78, 5) is 21.9. The van der Waals surface area contributed by atoms with Crippen LogP contribution >= 0.6 is 11.6 Å². The molecule has 0 saturated heterocycles. The topological polar surface area (TPSA) is 84.9 Å². The molecule has 0 spiro atoms. The number of ether oxygens (including phenoxy) is 2. The Morgan fingerprint density at radius 1 is 1.32 bits per heavy atom. The third-order valence-corrected chi connectivity index (χ3v) is 3.08. The number of aliphatic carboxylic acids is 1. The zero-order valence-electron chi connectivity index (χ0n) is 12.6. The molecule has 0 unspecified atom stereocenters. The lowest BCUT2D eigenvalue weighted by Gasteiger charge is -2.14. The molecule has 2 N–H and O–H groups in total. The van der Waals surface area contributed by atoms with E-state index in [1.165, 1.54) is 7.11 Å². The molecule has 6 nitrogen and oxygen atoms in total. The van der Waals surface area contributed by atoms with Crippen LogP contribution in [0.4, 0.5) is 0 Å². The molecular formula is C15H20ClNO5. The number of halogens is 1. The average Bonchev–Trinajstić information content (AvgIpc) is 2.49. The summed E-state index contributed by atoms with van der Waals surface area (Å²) in [7, 11) is 1.51. The molecule has 1 aromatic rings. The quantitative estimate of drug-likeness (QED) is 0.727. The minimum Gasteiger partial charge on any atom is -0.493 e. The monoisotopic (exact) mass is 329 g/mol. The summed E-state index contributed by atoms with van der Waals surface area (Å²) in [6, 6.07) is 3.42. The average molecular weight is 330 g/mol. The Morgan fingerprint density at radius 3 is 2.64 bits per heavy atom. The molecule has 1 rings (SSSR count). The van der Waals surface area contributed by atoms with E-state index < -0.39 is 5.97 Å². The summed E-state index contributed by atoms with van der Waals surface area (Å²) in [5, 5.41) is 11.6. The van der Waals surface area contributed by atoms with Crippen molar-refractivity contribution in [3.05, 3.63) is 22.7 Å². The molecule has 1 aromatic carbocycles. The van der Waals surface area contributed by atoms with Crippen LogP contribution in [0.1, 0.15) is 31.7 Å². The van der Waals surface area contributed by atoms with Gasteiger partial charge in [-0.25, -0.2) is 0 Å². The summed E-state index contributed by atoms with van der Waals surface area (Å²) in [6.07, 6.45) is 0.596. The van der Waals surface area contributed by atoms with E-state index in [0.717, 1.165) is 12.0 Å². The predicted molar refractivity (Wildman–Crippen MR) is 82.5 cm³/mol. The van der Waals surface area contributed by atoms with E-state index >= 15 is 0 Å². The van der Waals surface area contributed by atoms with Crippen LogP contribution < -0.4 is 14.8 Å². The second kappa shape index (κ2) is 9.15. The molecular weight excluding hydrogens is 310 g/mol. The maximum atomic E-state index is 11.5. The van der Waals surface area contributed by atoms with Crippen molar-refractivity contribution in [2.75, 3.05) is 13.7 Å². The lowest BCUT2D eigenvalue weighted by Crippen LogP contribution is -2.23. The van der Waals surface area contributed by atoms with Gasteiger partial charge in [0.05, 0.1) is 25.2 Å². The van der Waals surface area contributed by atoms with Crippen molar-refractivity contribution >= 4 is 23.5 Å². The maximum absolute atomic E-state index is 11.5. The number of rotatable bonds is 9. The standard InChI is InChI=1S/C15H20ClNO5/c1-3-6-22-15-11(16)7-10(8-12(15)21-2)9-17-13(18)4-5-14(19)20/h7-8H,3-6,9H2,1-2H3,(H,17,18)(H,19,20). The minimum atomic E-state index is -1.00. The van der Waals surface area contributed by atoms with Gasteiger partial charge in [-0.3, -0.25) is 9.59 Å². The van der Waals surface area contributed by atoms with Gasteiger partial charge in [0, 0.05) is 13.0 Å². The van der Waals surface area contributed by atoms with Gasteiger partial charge in [-0.2, -0.15) is 0 Å². The number of benzene rings is 1. The van der Waals surface area contributed by atoms with Crippen LogP contribution in [0, 0.1) is 0 Å². The summed E-state index contributed by atoms with van der Waals surface area (Å²) >= 11 is 6.17. The second-order valence-electron chi connectivity index (χ2n) is 4.63. The number of amides is 1. The second-order valence-corrected chi connectivity index (χ2v) is 5.04. The zero-order chi connectivity index (χ0) is 16.5. The molecule has 0 bridgehead atoms. The minimum absolute atomic E-state index is 0.0576.